The molecular weight excluding hydrogens is 372 g/mol. The maximum atomic E-state index is 13.6. The second-order valence-electron chi connectivity index (χ2n) is 7.96. The van der Waals surface area contributed by atoms with Crippen LogP contribution in [-0.4, -0.2) is 28.9 Å². The summed E-state index contributed by atoms with van der Waals surface area (Å²) in [6, 6.07) is 11.2. The first-order valence-corrected chi connectivity index (χ1v) is 9.90. The summed E-state index contributed by atoms with van der Waals surface area (Å²) >= 11 is 0. The summed E-state index contributed by atoms with van der Waals surface area (Å²) in [5, 5.41) is 4.03. The zero-order chi connectivity index (χ0) is 20.6. The fraction of sp³-hybridized carbons (Fsp3) is 0.348. The van der Waals surface area contributed by atoms with Crippen LogP contribution >= 0.6 is 0 Å². The molecule has 29 heavy (non-hydrogen) atoms. The van der Waals surface area contributed by atoms with E-state index in [0.717, 1.165) is 60.2 Å². The molecule has 6 heteroatoms. The third-order valence-electron chi connectivity index (χ3n) is 6.03. The van der Waals surface area contributed by atoms with Gasteiger partial charge in [0.25, 0.3) is 0 Å². The summed E-state index contributed by atoms with van der Waals surface area (Å²) in [7, 11) is 0. The maximum absolute atomic E-state index is 13.6. The van der Waals surface area contributed by atoms with Crippen molar-refractivity contribution < 1.29 is 13.6 Å². The number of hydrogen-bond donors (Lipinski definition) is 2. The van der Waals surface area contributed by atoms with Crippen LogP contribution in [0.5, 0.6) is 0 Å². The molecule has 0 unspecified atom stereocenters. The molecule has 3 aromatic rings. The van der Waals surface area contributed by atoms with Crippen LogP contribution in [0.1, 0.15) is 36.6 Å². The highest BCUT2D eigenvalue weighted by Gasteiger charge is 2.37. The van der Waals surface area contributed by atoms with Crippen molar-refractivity contribution in [1.82, 2.24) is 15.2 Å². The Morgan fingerprint density at radius 2 is 1.76 bits per heavy atom. The number of likely N-dealkylation sites (tertiary alicyclic amines) is 1. The summed E-state index contributed by atoms with van der Waals surface area (Å²) < 4.78 is 27.0. The summed E-state index contributed by atoms with van der Waals surface area (Å²) in [5.74, 6) is -0.602. The molecule has 0 saturated carbocycles. The number of hydrogen-bond acceptors (Lipinski definition) is 2. The molecule has 0 aliphatic carbocycles. The van der Waals surface area contributed by atoms with E-state index in [1.165, 1.54) is 25.1 Å². The number of aryl methyl sites for hydroxylation is 1. The van der Waals surface area contributed by atoms with Crippen LogP contribution in [0, 0.1) is 18.6 Å². The van der Waals surface area contributed by atoms with Gasteiger partial charge in [-0.25, -0.2) is 8.78 Å². The highest BCUT2D eigenvalue weighted by molar-refractivity contribution is 5.84. The van der Waals surface area contributed by atoms with Crippen LogP contribution in [0.2, 0.25) is 0 Å². The minimum atomic E-state index is -0.478. The minimum absolute atomic E-state index is 0.0868. The average Bonchev–Trinajstić information content (AvgIpc) is 2.99. The van der Waals surface area contributed by atoms with Crippen molar-refractivity contribution in [2.75, 3.05) is 13.1 Å². The molecule has 0 radical (unpaired) electrons. The Kier molecular flexibility index (Phi) is 5.13. The number of halogens is 2. The van der Waals surface area contributed by atoms with E-state index in [1.807, 2.05) is 6.92 Å². The molecule has 152 valence electrons. The number of nitrogens with zero attached hydrogens (tertiary/aromatic N) is 1. The second-order valence-corrected chi connectivity index (χ2v) is 7.96. The molecule has 1 fully saturated rings. The van der Waals surface area contributed by atoms with Crippen molar-refractivity contribution in [2.24, 2.45) is 0 Å². The van der Waals surface area contributed by atoms with Gasteiger partial charge in [0.2, 0.25) is 5.91 Å². The molecule has 0 bridgehead atoms. The number of amides is 1. The predicted octanol–water partition coefficient (Wildman–Crippen LogP) is 4.38. The number of H-pyrrole nitrogens is 1. The van der Waals surface area contributed by atoms with Gasteiger partial charge in [-0.3, -0.25) is 9.69 Å². The lowest BCUT2D eigenvalue weighted by Gasteiger charge is -2.42. The number of carbonyl (C=O) groups excluding carboxylic acids is 1. The van der Waals surface area contributed by atoms with Crippen molar-refractivity contribution in [3.8, 4) is 0 Å². The Hall–Kier alpha value is -2.73. The monoisotopic (exact) mass is 397 g/mol. The highest BCUT2D eigenvalue weighted by atomic mass is 19.1. The number of fused-ring (bicyclic) bond motifs is 1. The van der Waals surface area contributed by atoms with Gasteiger partial charge in [0, 0.05) is 43.2 Å². The topological polar surface area (TPSA) is 48.1 Å². The summed E-state index contributed by atoms with van der Waals surface area (Å²) in [6.07, 6.45) is 1.48. The van der Waals surface area contributed by atoms with E-state index in [2.05, 4.69) is 15.2 Å². The number of benzene rings is 2. The Labute approximate surface area is 168 Å². The Morgan fingerprint density at radius 3 is 2.41 bits per heavy atom. The van der Waals surface area contributed by atoms with Gasteiger partial charge in [-0.1, -0.05) is 12.1 Å². The first kappa shape index (κ1) is 19.6. The summed E-state index contributed by atoms with van der Waals surface area (Å²) in [4.78, 5) is 17.6. The Bertz CT molecular complexity index is 1030. The van der Waals surface area contributed by atoms with Gasteiger partial charge in [0.1, 0.15) is 11.6 Å². The van der Waals surface area contributed by atoms with Gasteiger partial charge in [0.15, 0.2) is 0 Å². The van der Waals surface area contributed by atoms with Gasteiger partial charge < -0.3 is 10.3 Å². The van der Waals surface area contributed by atoms with Crippen molar-refractivity contribution in [1.29, 1.82) is 0 Å². The lowest BCUT2D eigenvalue weighted by molar-refractivity contribution is -0.121. The molecule has 0 spiro atoms. The van der Waals surface area contributed by atoms with E-state index in [0.29, 0.717) is 0 Å². The van der Waals surface area contributed by atoms with Crippen LogP contribution in [0.3, 0.4) is 0 Å². The molecule has 1 aromatic heterocycles. The Morgan fingerprint density at radius 1 is 1.10 bits per heavy atom. The predicted molar refractivity (Wildman–Crippen MR) is 109 cm³/mol. The second kappa shape index (κ2) is 7.59. The van der Waals surface area contributed by atoms with Crippen molar-refractivity contribution >= 4 is 16.8 Å². The number of piperidine rings is 1. The quantitative estimate of drug-likeness (QED) is 0.686. The van der Waals surface area contributed by atoms with Crippen LogP contribution in [0.25, 0.3) is 10.9 Å². The third-order valence-corrected chi connectivity index (χ3v) is 6.03. The zero-order valence-electron chi connectivity index (χ0n) is 16.7. The van der Waals surface area contributed by atoms with E-state index < -0.39 is 5.54 Å². The van der Waals surface area contributed by atoms with E-state index in [1.54, 1.807) is 24.3 Å². The third kappa shape index (κ3) is 3.90. The summed E-state index contributed by atoms with van der Waals surface area (Å²) in [5.41, 5.74) is 3.55. The number of aromatic amines is 1. The number of nitrogens with one attached hydrogen (secondary N) is 2. The normalized spacial score (nSPS) is 16.8. The average molecular weight is 397 g/mol. The number of aromatic nitrogens is 1. The van der Waals surface area contributed by atoms with Crippen LogP contribution in [0.15, 0.2) is 42.5 Å². The smallest absolute Gasteiger partial charge is 0.217 e. The molecule has 1 amide bonds. The van der Waals surface area contributed by atoms with Crippen LogP contribution < -0.4 is 5.32 Å². The molecule has 1 aliphatic rings. The highest BCUT2D eigenvalue weighted by Crippen LogP contribution is 2.34. The first-order chi connectivity index (χ1) is 13.9. The van der Waals surface area contributed by atoms with Crippen LogP contribution in [0.4, 0.5) is 8.78 Å². The van der Waals surface area contributed by atoms with E-state index in [9.17, 15) is 13.6 Å². The lowest BCUT2D eigenvalue weighted by Crippen LogP contribution is -2.52. The van der Waals surface area contributed by atoms with Gasteiger partial charge in [-0.2, -0.15) is 0 Å². The van der Waals surface area contributed by atoms with Gasteiger partial charge in [-0.15, -0.1) is 0 Å². The van der Waals surface area contributed by atoms with Crippen molar-refractivity contribution in [3.63, 3.8) is 0 Å². The van der Waals surface area contributed by atoms with Crippen molar-refractivity contribution in [2.45, 2.75) is 38.8 Å². The molecule has 1 saturated heterocycles. The first-order valence-electron chi connectivity index (χ1n) is 9.90. The van der Waals surface area contributed by atoms with Gasteiger partial charge in [-0.05, 0) is 61.2 Å². The summed E-state index contributed by atoms with van der Waals surface area (Å²) in [6.45, 7) is 5.85. The molecular formula is C23H25F2N3O. The molecule has 1 aliphatic heterocycles. The van der Waals surface area contributed by atoms with Gasteiger partial charge in [0.05, 0.1) is 5.54 Å². The SMILES string of the molecule is CC(=O)NC1(c2ccc(F)cc2)CCN(Cc2[nH]c3ccc(F)cc3c2C)CC1. The van der Waals surface area contributed by atoms with E-state index in [-0.39, 0.29) is 17.5 Å². The minimum Gasteiger partial charge on any atom is -0.357 e. The molecule has 2 aromatic carbocycles. The maximum Gasteiger partial charge on any atom is 0.217 e. The van der Waals surface area contributed by atoms with E-state index in [4.69, 9.17) is 0 Å². The lowest BCUT2D eigenvalue weighted by atomic mass is 9.80. The van der Waals surface area contributed by atoms with Crippen LogP contribution in [-0.2, 0) is 16.9 Å². The van der Waals surface area contributed by atoms with Gasteiger partial charge >= 0.3 is 0 Å². The number of rotatable bonds is 4. The van der Waals surface area contributed by atoms with Crippen molar-refractivity contribution in [3.05, 3.63) is 70.9 Å². The molecule has 4 rings (SSSR count). The van der Waals surface area contributed by atoms with E-state index >= 15 is 0 Å². The molecule has 4 nitrogen and oxygen atoms in total. The fourth-order valence-electron chi connectivity index (χ4n) is 4.42. The molecule has 2 heterocycles. The largest absolute Gasteiger partial charge is 0.357 e. The molecule has 0 atom stereocenters. The zero-order valence-corrected chi connectivity index (χ0v) is 16.7. The standard InChI is InChI=1S/C23H25F2N3O/c1-15-20-13-19(25)7-8-21(20)26-22(15)14-28-11-9-23(10-12-28,27-16(2)29)17-3-5-18(24)6-4-17/h3-8,13,26H,9-12,14H2,1-2H3,(H,27,29). The molecule has 2 N–H and O–H groups in total. The Balaban J connectivity index is 1.52. The fourth-order valence-corrected chi connectivity index (χ4v) is 4.42. The number of carbonyl (C=O) groups is 1.